The van der Waals surface area contributed by atoms with E-state index >= 15 is 0 Å². The summed E-state index contributed by atoms with van der Waals surface area (Å²) in [6.07, 6.45) is -2.49. The van der Waals surface area contributed by atoms with Crippen molar-refractivity contribution in [2.45, 2.75) is 35.5 Å². The molecule has 19 heavy (non-hydrogen) atoms. The minimum absolute atomic E-state index is 2.49. The summed E-state index contributed by atoms with van der Waals surface area (Å²) in [6, 6.07) is 0. The molecule has 0 spiro atoms. The molecule has 1 aliphatic rings. The van der Waals surface area contributed by atoms with E-state index in [1.807, 2.05) is 0 Å². The summed E-state index contributed by atoms with van der Waals surface area (Å²) in [5.41, 5.74) is 0. The molecule has 0 aromatic heterocycles. The Morgan fingerprint density at radius 1 is 0.368 bits per heavy atom. The lowest BCUT2D eigenvalue weighted by Gasteiger charge is -2.35. The van der Waals surface area contributed by atoms with Crippen LogP contribution in [0.4, 0.5) is 52.7 Å². The second-order valence-corrected chi connectivity index (χ2v) is 3.69. The third-order valence-electron chi connectivity index (χ3n) is 2.38. The van der Waals surface area contributed by atoms with Gasteiger partial charge in [-0.25, -0.2) is 0 Å². The molecular formula is C7HF12. The van der Waals surface area contributed by atoms with Gasteiger partial charge in [0, 0.05) is 0 Å². The first kappa shape index (κ1) is 16.2. The van der Waals surface area contributed by atoms with Gasteiger partial charge in [-0.15, -0.1) is 0 Å². The summed E-state index contributed by atoms with van der Waals surface area (Å²) in [6.45, 7) is 0. The highest BCUT2D eigenvalue weighted by Gasteiger charge is 2.94. The van der Waals surface area contributed by atoms with Crippen molar-refractivity contribution in [3.8, 4) is 0 Å². The summed E-state index contributed by atoms with van der Waals surface area (Å²) in [5.74, 6) is -42.2. The SMILES string of the molecule is FC1(F)[CH]C(F)(F)C(F)(F)C(F)(F)C(F)(F)C1(F)F. The summed E-state index contributed by atoms with van der Waals surface area (Å²) in [4.78, 5) is 0. The molecule has 0 aliphatic heterocycles. The van der Waals surface area contributed by atoms with Crippen LogP contribution < -0.4 is 0 Å². The predicted octanol–water partition coefficient (Wildman–Crippen LogP) is 4.02. The number of halogens is 12. The molecule has 0 aromatic rings. The summed E-state index contributed by atoms with van der Waals surface area (Å²) in [5, 5.41) is 0. The van der Waals surface area contributed by atoms with Crippen molar-refractivity contribution in [3.63, 3.8) is 0 Å². The third-order valence-corrected chi connectivity index (χ3v) is 2.38. The smallest absolute Gasteiger partial charge is 0.199 e. The first-order valence-electron chi connectivity index (χ1n) is 4.10. The molecule has 1 radical (unpaired) electrons. The molecule has 0 amide bonds. The standard InChI is InChI=1S/C7HF12/c8-2(9)1-3(10,11)5(14,15)7(18,19)6(16,17)4(2,12)13/h1H. The van der Waals surface area contributed by atoms with Gasteiger partial charge in [-0.3, -0.25) is 0 Å². The largest absolute Gasteiger partial charge is 0.384 e. The molecule has 1 aliphatic carbocycles. The highest BCUT2D eigenvalue weighted by atomic mass is 19.4. The van der Waals surface area contributed by atoms with Crippen LogP contribution in [0.2, 0.25) is 0 Å². The van der Waals surface area contributed by atoms with Gasteiger partial charge in [0.1, 0.15) is 6.42 Å². The fraction of sp³-hybridized carbons (Fsp3) is 0.857. The van der Waals surface area contributed by atoms with Gasteiger partial charge >= 0.3 is 35.5 Å². The Kier molecular flexibility index (Phi) is 2.92. The molecule has 1 saturated carbocycles. The Bertz CT molecular complexity index is 344. The molecule has 0 nitrogen and oxygen atoms in total. The van der Waals surface area contributed by atoms with Gasteiger partial charge in [-0.2, -0.15) is 52.7 Å². The van der Waals surface area contributed by atoms with Gasteiger partial charge in [0.2, 0.25) is 0 Å². The van der Waals surface area contributed by atoms with Crippen LogP contribution in [0.15, 0.2) is 0 Å². The van der Waals surface area contributed by atoms with Gasteiger partial charge < -0.3 is 0 Å². The second-order valence-electron chi connectivity index (χ2n) is 3.69. The molecule has 0 aromatic carbocycles. The van der Waals surface area contributed by atoms with E-state index in [2.05, 4.69) is 0 Å². The van der Waals surface area contributed by atoms with Crippen molar-refractivity contribution >= 4 is 0 Å². The summed E-state index contributed by atoms with van der Waals surface area (Å²) >= 11 is 0. The minimum atomic E-state index is -7.40. The van der Waals surface area contributed by atoms with Crippen molar-refractivity contribution in [2.24, 2.45) is 0 Å². The van der Waals surface area contributed by atoms with E-state index < -0.39 is 42.0 Å². The van der Waals surface area contributed by atoms with Crippen molar-refractivity contribution < 1.29 is 52.7 Å². The lowest BCUT2D eigenvalue weighted by molar-refractivity contribution is -0.397. The van der Waals surface area contributed by atoms with Crippen molar-refractivity contribution in [3.05, 3.63) is 6.42 Å². The third kappa shape index (κ3) is 1.57. The maximum atomic E-state index is 12.5. The maximum Gasteiger partial charge on any atom is 0.384 e. The molecule has 1 rings (SSSR count). The van der Waals surface area contributed by atoms with Gasteiger partial charge in [-0.05, 0) is 0 Å². The van der Waals surface area contributed by atoms with Crippen LogP contribution in [0.25, 0.3) is 0 Å². The maximum absolute atomic E-state index is 12.5. The van der Waals surface area contributed by atoms with Crippen molar-refractivity contribution in [2.75, 3.05) is 0 Å². The highest BCUT2D eigenvalue weighted by molar-refractivity contribution is 5.23. The van der Waals surface area contributed by atoms with Crippen molar-refractivity contribution in [1.82, 2.24) is 0 Å². The zero-order chi connectivity index (χ0) is 15.7. The molecule has 0 heterocycles. The summed E-state index contributed by atoms with van der Waals surface area (Å²) in [7, 11) is 0. The Labute approximate surface area is 95.9 Å². The van der Waals surface area contributed by atoms with Crippen LogP contribution in [0, 0.1) is 6.42 Å². The minimum Gasteiger partial charge on any atom is -0.199 e. The van der Waals surface area contributed by atoms with E-state index in [1.165, 1.54) is 0 Å². The van der Waals surface area contributed by atoms with E-state index in [4.69, 9.17) is 0 Å². The monoisotopic (exact) mass is 313 g/mol. The van der Waals surface area contributed by atoms with E-state index in [9.17, 15) is 52.7 Å². The molecule has 1 fully saturated rings. The number of rotatable bonds is 0. The molecular weight excluding hydrogens is 312 g/mol. The van der Waals surface area contributed by atoms with Gasteiger partial charge in [0.05, 0.1) is 0 Å². The molecule has 0 bridgehead atoms. The molecule has 0 N–H and O–H groups in total. The van der Waals surface area contributed by atoms with Gasteiger partial charge in [-0.1, -0.05) is 0 Å². The van der Waals surface area contributed by atoms with Crippen LogP contribution in [-0.2, 0) is 0 Å². The van der Waals surface area contributed by atoms with Crippen LogP contribution in [0.1, 0.15) is 0 Å². The van der Waals surface area contributed by atoms with Crippen LogP contribution in [0.3, 0.4) is 0 Å². The van der Waals surface area contributed by atoms with Crippen molar-refractivity contribution in [1.29, 1.82) is 0 Å². The Hall–Kier alpha value is -0.840. The Morgan fingerprint density at radius 2 is 0.579 bits per heavy atom. The van der Waals surface area contributed by atoms with E-state index in [-0.39, 0.29) is 0 Å². The average molecular weight is 313 g/mol. The van der Waals surface area contributed by atoms with Crippen LogP contribution in [0.5, 0.6) is 0 Å². The summed E-state index contributed by atoms with van der Waals surface area (Å²) < 4.78 is 150. The van der Waals surface area contributed by atoms with E-state index in [1.54, 1.807) is 0 Å². The Balaban J connectivity index is 3.70. The average Bonchev–Trinajstić information content (AvgIpc) is 2.14. The molecule has 0 saturated heterocycles. The first-order chi connectivity index (χ1) is 7.96. The fourth-order valence-corrected chi connectivity index (χ4v) is 1.22. The lowest BCUT2D eigenvalue weighted by atomic mass is 9.99. The fourth-order valence-electron chi connectivity index (χ4n) is 1.22. The highest BCUT2D eigenvalue weighted by Crippen LogP contribution is 2.65. The molecule has 113 valence electrons. The number of alkyl halides is 12. The Morgan fingerprint density at radius 3 is 0.789 bits per heavy atom. The molecule has 0 atom stereocenters. The van der Waals surface area contributed by atoms with Gasteiger partial charge in [0.15, 0.2) is 0 Å². The first-order valence-corrected chi connectivity index (χ1v) is 4.10. The zero-order valence-corrected chi connectivity index (χ0v) is 8.11. The zero-order valence-electron chi connectivity index (χ0n) is 8.11. The van der Waals surface area contributed by atoms with Crippen LogP contribution in [-0.4, -0.2) is 35.5 Å². The van der Waals surface area contributed by atoms with E-state index in [0.717, 1.165) is 0 Å². The predicted molar refractivity (Wildman–Crippen MR) is 34.0 cm³/mol. The van der Waals surface area contributed by atoms with Crippen LogP contribution >= 0.6 is 0 Å². The topological polar surface area (TPSA) is 0 Å². The number of hydrogen-bond donors (Lipinski definition) is 0. The molecule has 0 unspecified atom stereocenters. The second kappa shape index (κ2) is 3.43. The molecule has 12 heteroatoms. The normalized spacial score (nSPS) is 33.5. The van der Waals surface area contributed by atoms with Gasteiger partial charge in [0.25, 0.3) is 0 Å². The number of hydrogen-bond acceptors (Lipinski definition) is 0. The van der Waals surface area contributed by atoms with E-state index in [0.29, 0.717) is 0 Å². The quantitative estimate of drug-likeness (QED) is 0.468. The lowest BCUT2D eigenvalue weighted by Crippen LogP contribution is -2.66.